The first-order valence-corrected chi connectivity index (χ1v) is 9.99. The Balaban J connectivity index is 1.41. The lowest BCUT2D eigenvalue weighted by molar-refractivity contribution is 0.0680. The van der Waals surface area contributed by atoms with Crippen molar-refractivity contribution in [2.45, 2.75) is 19.4 Å². The maximum atomic E-state index is 13.4. The van der Waals surface area contributed by atoms with Crippen LogP contribution in [-0.2, 0) is 6.54 Å². The van der Waals surface area contributed by atoms with Crippen LogP contribution >= 0.6 is 0 Å². The quantitative estimate of drug-likeness (QED) is 0.635. The minimum Gasteiger partial charge on any atom is -0.339 e. The molecule has 1 amide bonds. The largest absolute Gasteiger partial charge is 0.339 e. The summed E-state index contributed by atoms with van der Waals surface area (Å²) in [5.74, 6) is -2.58. The number of halogens is 3. The lowest BCUT2D eigenvalue weighted by atomic mass is 9.96. The molecule has 1 aliphatic heterocycles. The van der Waals surface area contributed by atoms with Crippen molar-refractivity contribution in [2.75, 3.05) is 13.1 Å². The number of likely N-dealkylation sites (tertiary alicyclic amines) is 1. The van der Waals surface area contributed by atoms with E-state index in [1.54, 1.807) is 23.1 Å². The molecular weight excluding hydrogens is 407 g/mol. The fraction of sp³-hybridized carbons (Fsp3) is 0.261. The molecule has 1 aromatic heterocycles. The monoisotopic (exact) mass is 427 g/mol. The molecule has 0 saturated carbocycles. The van der Waals surface area contributed by atoms with Gasteiger partial charge in [0.05, 0.1) is 5.69 Å². The van der Waals surface area contributed by atoms with Crippen LogP contribution in [0.2, 0.25) is 0 Å². The molecule has 2 aromatic carbocycles. The van der Waals surface area contributed by atoms with Gasteiger partial charge in [-0.05, 0) is 67.3 Å². The Morgan fingerprint density at radius 2 is 1.65 bits per heavy atom. The Morgan fingerprint density at radius 1 is 0.935 bits per heavy atom. The summed E-state index contributed by atoms with van der Waals surface area (Å²) >= 11 is 0. The number of carbonyl (C=O) groups excluding carboxylic acids is 1. The highest BCUT2D eigenvalue weighted by atomic mass is 19.2. The first-order chi connectivity index (χ1) is 14.9. The highest BCUT2D eigenvalue weighted by molar-refractivity contribution is 5.94. The van der Waals surface area contributed by atoms with E-state index in [0.717, 1.165) is 12.1 Å². The topological polar surface area (TPSA) is 55.2 Å². The fourth-order valence-corrected chi connectivity index (χ4v) is 3.73. The third kappa shape index (κ3) is 4.68. The summed E-state index contributed by atoms with van der Waals surface area (Å²) < 4.78 is 41.1. The Kier molecular flexibility index (Phi) is 5.88. The number of piperidine rings is 1. The number of hydrogen-bond donors (Lipinski definition) is 0. The van der Waals surface area contributed by atoms with Crippen LogP contribution in [0.5, 0.6) is 0 Å². The summed E-state index contributed by atoms with van der Waals surface area (Å²) in [6.45, 7) is 1.31. The van der Waals surface area contributed by atoms with Crippen LogP contribution in [-0.4, -0.2) is 33.7 Å². The molecule has 160 valence electrons. The van der Waals surface area contributed by atoms with Crippen LogP contribution < -0.4 is 5.56 Å². The fourth-order valence-electron chi connectivity index (χ4n) is 3.73. The van der Waals surface area contributed by atoms with E-state index in [1.807, 2.05) is 0 Å². The maximum Gasteiger partial charge on any atom is 0.266 e. The van der Waals surface area contributed by atoms with E-state index in [2.05, 4.69) is 5.10 Å². The molecule has 8 heteroatoms. The van der Waals surface area contributed by atoms with Crippen molar-refractivity contribution in [2.24, 2.45) is 5.92 Å². The Bertz CT molecular complexity index is 1150. The van der Waals surface area contributed by atoms with E-state index in [1.165, 1.54) is 28.9 Å². The number of hydrogen-bond acceptors (Lipinski definition) is 3. The summed E-state index contributed by atoms with van der Waals surface area (Å²) in [6, 6.07) is 12.1. The minimum atomic E-state index is -1.05. The second-order valence-corrected chi connectivity index (χ2v) is 7.61. The molecule has 4 rings (SSSR count). The molecule has 1 fully saturated rings. The third-order valence-corrected chi connectivity index (χ3v) is 5.51. The molecule has 0 unspecified atom stereocenters. The van der Waals surface area contributed by atoms with Gasteiger partial charge in [0, 0.05) is 36.8 Å². The molecule has 1 aliphatic rings. The Hall–Kier alpha value is -3.42. The zero-order valence-corrected chi connectivity index (χ0v) is 16.6. The van der Waals surface area contributed by atoms with Crippen LogP contribution in [0.1, 0.15) is 23.2 Å². The first kappa shape index (κ1) is 20.8. The smallest absolute Gasteiger partial charge is 0.266 e. The van der Waals surface area contributed by atoms with E-state index >= 15 is 0 Å². The molecule has 0 spiro atoms. The molecule has 3 aromatic rings. The van der Waals surface area contributed by atoms with Crippen LogP contribution in [0.4, 0.5) is 13.2 Å². The zero-order valence-electron chi connectivity index (χ0n) is 16.6. The summed E-state index contributed by atoms with van der Waals surface area (Å²) in [7, 11) is 0. The van der Waals surface area contributed by atoms with E-state index < -0.39 is 11.6 Å². The van der Waals surface area contributed by atoms with E-state index in [-0.39, 0.29) is 28.8 Å². The number of amides is 1. The molecule has 0 radical (unpaired) electrons. The standard InChI is InChI=1S/C23H20F3N3O2/c24-18-4-1-16(2-5-18)21-7-8-22(30)29(27-21)14-15-9-11-28(12-10-15)23(31)17-3-6-19(25)20(26)13-17/h1-8,13,15H,9-12,14H2. The van der Waals surface area contributed by atoms with Crippen LogP contribution in [0, 0.1) is 23.4 Å². The highest BCUT2D eigenvalue weighted by Gasteiger charge is 2.25. The predicted octanol–water partition coefficient (Wildman–Crippen LogP) is 3.88. The van der Waals surface area contributed by atoms with Gasteiger partial charge in [-0.15, -0.1) is 0 Å². The van der Waals surface area contributed by atoms with Crippen molar-refractivity contribution in [1.29, 1.82) is 0 Å². The summed E-state index contributed by atoms with van der Waals surface area (Å²) in [5.41, 5.74) is 1.17. The third-order valence-electron chi connectivity index (χ3n) is 5.51. The van der Waals surface area contributed by atoms with Crippen LogP contribution in [0.3, 0.4) is 0 Å². The van der Waals surface area contributed by atoms with Crippen molar-refractivity contribution in [1.82, 2.24) is 14.7 Å². The maximum absolute atomic E-state index is 13.4. The van der Waals surface area contributed by atoms with E-state index in [0.29, 0.717) is 43.7 Å². The summed E-state index contributed by atoms with van der Waals surface area (Å²) in [4.78, 5) is 26.4. The number of benzene rings is 2. The normalized spacial score (nSPS) is 14.6. The van der Waals surface area contributed by atoms with Gasteiger partial charge < -0.3 is 4.90 Å². The van der Waals surface area contributed by atoms with Crippen molar-refractivity contribution in [3.63, 3.8) is 0 Å². The molecule has 0 aliphatic carbocycles. The SMILES string of the molecule is O=C(c1ccc(F)c(F)c1)N1CCC(Cn2nc(-c3ccc(F)cc3)ccc2=O)CC1. The second kappa shape index (κ2) is 8.75. The van der Waals surface area contributed by atoms with Gasteiger partial charge >= 0.3 is 0 Å². The number of nitrogens with zero attached hydrogens (tertiary/aromatic N) is 3. The van der Waals surface area contributed by atoms with Gasteiger partial charge in [-0.2, -0.15) is 5.10 Å². The van der Waals surface area contributed by atoms with Crippen LogP contribution in [0.25, 0.3) is 11.3 Å². The molecule has 0 bridgehead atoms. The number of aromatic nitrogens is 2. The van der Waals surface area contributed by atoms with Gasteiger partial charge in [0.1, 0.15) is 5.82 Å². The lowest BCUT2D eigenvalue weighted by Gasteiger charge is -2.32. The molecule has 31 heavy (non-hydrogen) atoms. The average molecular weight is 427 g/mol. The molecule has 0 N–H and O–H groups in total. The molecule has 5 nitrogen and oxygen atoms in total. The lowest BCUT2D eigenvalue weighted by Crippen LogP contribution is -2.40. The van der Waals surface area contributed by atoms with Gasteiger partial charge in [0.2, 0.25) is 0 Å². The first-order valence-electron chi connectivity index (χ1n) is 9.99. The Morgan fingerprint density at radius 3 is 2.32 bits per heavy atom. The van der Waals surface area contributed by atoms with E-state index in [9.17, 15) is 22.8 Å². The minimum absolute atomic E-state index is 0.113. The second-order valence-electron chi connectivity index (χ2n) is 7.61. The van der Waals surface area contributed by atoms with Gasteiger partial charge in [-0.1, -0.05) is 0 Å². The van der Waals surface area contributed by atoms with Crippen molar-refractivity contribution >= 4 is 5.91 Å². The number of rotatable bonds is 4. The summed E-state index contributed by atoms with van der Waals surface area (Å²) in [5, 5.41) is 4.41. The van der Waals surface area contributed by atoms with Gasteiger partial charge in [-0.25, -0.2) is 17.9 Å². The number of carbonyl (C=O) groups is 1. The average Bonchev–Trinajstić information content (AvgIpc) is 2.78. The van der Waals surface area contributed by atoms with Crippen molar-refractivity contribution in [3.05, 3.63) is 88.0 Å². The van der Waals surface area contributed by atoms with Crippen molar-refractivity contribution < 1.29 is 18.0 Å². The van der Waals surface area contributed by atoms with Crippen molar-refractivity contribution in [3.8, 4) is 11.3 Å². The van der Waals surface area contributed by atoms with Crippen LogP contribution in [0.15, 0.2) is 59.4 Å². The Labute approximate surface area is 176 Å². The van der Waals surface area contributed by atoms with E-state index in [4.69, 9.17) is 0 Å². The molecular formula is C23H20F3N3O2. The summed E-state index contributed by atoms with van der Waals surface area (Å²) in [6.07, 6.45) is 1.31. The van der Waals surface area contributed by atoms with Gasteiger partial charge in [-0.3, -0.25) is 9.59 Å². The predicted molar refractivity (Wildman–Crippen MR) is 109 cm³/mol. The van der Waals surface area contributed by atoms with Gasteiger partial charge in [0.15, 0.2) is 11.6 Å². The molecule has 0 atom stereocenters. The van der Waals surface area contributed by atoms with Gasteiger partial charge in [0.25, 0.3) is 11.5 Å². The highest BCUT2D eigenvalue weighted by Crippen LogP contribution is 2.22. The zero-order chi connectivity index (χ0) is 22.0. The molecule has 1 saturated heterocycles. The molecule has 2 heterocycles.